The van der Waals surface area contributed by atoms with E-state index in [1.165, 1.54) is 38.5 Å². The molecule has 0 spiro atoms. The van der Waals surface area contributed by atoms with Gasteiger partial charge in [0.15, 0.2) is 0 Å². The van der Waals surface area contributed by atoms with Gasteiger partial charge in [0.2, 0.25) is 0 Å². The number of fused-ring (bicyclic) bond motifs is 1. The molecule has 4 bridgehead atoms. The first-order valence-corrected chi connectivity index (χ1v) is 9.80. The van der Waals surface area contributed by atoms with Gasteiger partial charge >= 0.3 is 0 Å². The van der Waals surface area contributed by atoms with Crippen molar-refractivity contribution in [2.24, 2.45) is 17.8 Å². The van der Waals surface area contributed by atoms with Gasteiger partial charge in [0, 0.05) is 29.2 Å². The Morgan fingerprint density at radius 3 is 2.56 bits per heavy atom. The summed E-state index contributed by atoms with van der Waals surface area (Å²) in [4.78, 5) is 3.18. The SMILES string of the molecule is OC(CNC12CC3CC(CC(C3)C1)C2)COc1ccc2[nH]ccc2c1. The number of hydrogen-bond donors (Lipinski definition) is 3. The Morgan fingerprint density at radius 2 is 1.84 bits per heavy atom. The third-order valence-corrected chi connectivity index (χ3v) is 6.72. The number of ether oxygens (including phenoxy) is 1. The zero-order valence-electron chi connectivity index (χ0n) is 14.7. The van der Waals surface area contributed by atoms with Gasteiger partial charge in [-0.3, -0.25) is 0 Å². The van der Waals surface area contributed by atoms with Crippen LogP contribution in [0.2, 0.25) is 0 Å². The normalized spacial score (nSPS) is 34.5. The van der Waals surface area contributed by atoms with Crippen LogP contribution in [0.4, 0.5) is 0 Å². The maximum atomic E-state index is 10.4. The number of benzene rings is 1. The largest absolute Gasteiger partial charge is 0.491 e. The molecule has 1 heterocycles. The van der Waals surface area contributed by atoms with Crippen molar-refractivity contribution in [3.63, 3.8) is 0 Å². The molecule has 4 heteroatoms. The Kier molecular flexibility index (Phi) is 3.79. The van der Waals surface area contributed by atoms with Gasteiger partial charge in [0.25, 0.3) is 0 Å². The topological polar surface area (TPSA) is 57.3 Å². The molecule has 2 aromatic rings. The van der Waals surface area contributed by atoms with E-state index in [1.54, 1.807) is 0 Å². The molecule has 3 N–H and O–H groups in total. The van der Waals surface area contributed by atoms with Crippen molar-refractivity contribution in [3.05, 3.63) is 30.5 Å². The molecule has 1 aromatic heterocycles. The first kappa shape index (κ1) is 15.7. The van der Waals surface area contributed by atoms with Crippen molar-refractivity contribution < 1.29 is 9.84 Å². The summed E-state index contributed by atoms with van der Waals surface area (Å²) in [5.41, 5.74) is 1.41. The third-order valence-electron chi connectivity index (χ3n) is 6.72. The van der Waals surface area contributed by atoms with Gasteiger partial charge in [-0.05, 0) is 80.5 Å². The van der Waals surface area contributed by atoms with Gasteiger partial charge in [-0.1, -0.05) is 0 Å². The molecular weight excluding hydrogens is 312 g/mol. The fourth-order valence-electron chi connectivity index (χ4n) is 6.03. The van der Waals surface area contributed by atoms with Gasteiger partial charge < -0.3 is 20.1 Å². The summed E-state index contributed by atoms with van der Waals surface area (Å²) in [6, 6.07) is 8.03. The van der Waals surface area contributed by atoms with Gasteiger partial charge in [-0.2, -0.15) is 0 Å². The third kappa shape index (κ3) is 3.06. The van der Waals surface area contributed by atoms with E-state index >= 15 is 0 Å². The highest BCUT2D eigenvalue weighted by Gasteiger charge is 2.50. The van der Waals surface area contributed by atoms with E-state index in [1.807, 2.05) is 30.5 Å². The lowest BCUT2D eigenvalue weighted by Gasteiger charge is -2.57. The van der Waals surface area contributed by atoms with Crippen LogP contribution in [0, 0.1) is 17.8 Å². The van der Waals surface area contributed by atoms with E-state index in [4.69, 9.17) is 4.74 Å². The van der Waals surface area contributed by atoms with E-state index in [-0.39, 0.29) is 0 Å². The van der Waals surface area contributed by atoms with Gasteiger partial charge in [0.05, 0.1) is 0 Å². The van der Waals surface area contributed by atoms with Crippen molar-refractivity contribution in [2.45, 2.75) is 50.2 Å². The van der Waals surface area contributed by atoms with Crippen LogP contribution >= 0.6 is 0 Å². The smallest absolute Gasteiger partial charge is 0.120 e. The number of β-amino-alcohol motifs (C(OH)–C–C–N with tert-alkyl or cyclic N) is 1. The molecule has 0 radical (unpaired) electrons. The van der Waals surface area contributed by atoms with E-state index in [0.29, 0.717) is 18.7 Å². The van der Waals surface area contributed by atoms with Crippen molar-refractivity contribution in [2.75, 3.05) is 13.2 Å². The average Bonchev–Trinajstić information content (AvgIpc) is 3.05. The highest BCUT2D eigenvalue weighted by Crippen LogP contribution is 2.55. The second kappa shape index (κ2) is 6.03. The molecule has 25 heavy (non-hydrogen) atoms. The molecule has 4 saturated carbocycles. The van der Waals surface area contributed by atoms with Crippen LogP contribution < -0.4 is 10.1 Å². The van der Waals surface area contributed by atoms with Crippen molar-refractivity contribution >= 4 is 10.9 Å². The molecule has 1 aromatic carbocycles. The number of aromatic amines is 1. The molecule has 4 fully saturated rings. The van der Waals surface area contributed by atoms with Crippen LogP contribution in [-0.4, -0.2) is 34.9 Å². The quantitative estimate of drug-likeness (QED) is 0.755. The number of aliphatic hydroxyl groups is 1. The minimum Gasteiger partial charge on any atom is -0.491 e. The summed E-state index contributed by atoms with van der Waals surface area (Å²) in [7, 11) is 0. The van der Waals surface area contributed by atoms with Crippen LogP contribution in [0.15, 0.2) is 30.5 Å². The van der Waals surface area contributed by atoms with Crippen molar-refractivity contribution in [1.29, 1.82) is 0 Å². The summed E-state index contributed by atoms with van der Waals surface area (Å²) < 4.78 is 5.81. The number of aromatic nitrogens is 1. The monoisotopic (exact) mass is 340 g/mol. The van der Waals surface area contributed by atoms with E-state index in [2.05, 4.69) is 10.3 Å². The minimum atomic E-state index is -0.463. The lowest BCUT2D eigenvalue weighted by molar-refractivity contribution is -0.0266. The Hall–Kier alpha value is -1.52. The maximum Gasteiger partial charge on any atom is 0.120 e. The van der Waals surface area contributed by atoms with Crippen molar-refractivity contribution in [1.82, 2.24) is 10.3 Å². The molecule has 1 atom stereocenters. The van der Waals surface area contributed by atoms with Crippen LogP contribution in [0.3, 0.4) is 0 Å². The molecule has 0 aliphatic heterocycles. The molecule has 134 valence electrons. The number of aliphatic hydroxyl groups excluding tert-OH is 1. The zero-order chi connectivity index (χ0) is 16.9. The molecule has 4 nitrogen and oxygen atoms in total. The van der Waals surface area contributed by atoms with Crippen LogP contribution in [-0.2, 0) is 0 Å². The predicted octanol–water partition coefficient (Wildman–Crippen LogP) is 3.47. The Bertz CT molecular complexity index is 718. The average molecular weight is 340 g/mol. The van der Waals surface area contributed by atoms with E-state index in [9.17, 15) is 5.11 Å². The fraction of sp³-hybridized carbons (Fsp3) is 0.619. The maximum absolute atomic E-state index is 10.4. The second-order valence-electron chi connectivity index (χ2n) is 8.77. The molecule has 1 unspecified atom stereocenters. The van der Waals surface area contributed by atoms with Gasteiger partial charge in [-0.15, -0.1) is 0 Å². The van der Waals surface area contributed by atoms with Crippen molar-refractivity contribution in [3.8, 4) is 5.75 Å². The molecule has 4 aliphatic carbocycles. The Morgan fingerprint density at radius 1 is 1.12 bits per heavy atom. The molecule has 0 saturated heterocycles. The number of H-pyrrole nitrogens is 1. The van der Waals surface area contributed by atoms with E-state index in [0.717, 1.165) is 34.4 Å². The zero-order valence-corrected chi connectivity index (χ0v) is 14.7. The summed E-state index contributed by atoms with van der Waals surface area (Å²) in [5.74, 6) is 3.61. The molecular formula is C21H28N2O2. The van der Waals surface area contributed by atoms with Crippen LogP contribution in [0.1, 0.15) is 38.5 Å². The number of rotatable bonds is 6. The predicted molar refractivity (Wildman–Crippen MR) is 98.7 cm³/mol. The van der Waals surface area contributed by atoms with E-state index < -0.39 is 6.10 Å². The first-order chi connectivity index (χ1) is 12.2. The number of nitrogens with one attached hydrogen (secondary N) is 2. The standard InChI is InChI=1S/C21H28N2O2/c24-18(13-25-19-1-2-20-17(8-19)3-4-22-20)12-23-21-9-14-5-15(10-21)7-16(6-14)11-21/h1-4,8,14-16,18,22-24H,5-7,9-13H2. The minimum absolute atomic E-state index is 0.305. The summed E-state index contributed by atoms with van der Waals surface area (Å²) in [6.07, 6.45) is 9.77. The molecule has 4 aliphatic rings. The molecule has 6 rings (SSSR count). The number of hydrogen-bond acceptors (Lipinski definition) is 3. The van der Waals surface area contributed by atoms with Crippen LogP contribution in [0.5, 0.6) is 5.75 Å². The Balaban J connectivity index is 1.15. The first-order valence-electron chi connectivity index (χ1n) is 9.80. The van der Waals surface area contributed by atoms with Gasteiger partial charge in [-0.25, -0.2) is 0 Å². The second-order valence-corrected chi connectivity index (χ2v) is 8.77. The summed E-state index contributed by atoms with van der Waals surface area (Å²) >= 11 is 0. The van der Waals surface area contributed by atoms with Gasteiger partial charge in [0.1, 0.15) is 18.5 Å². The summed E-state index contributed by atoms with van der Waals surface area (Å²) in [6.45, 7) is 0.980. The summed E-state index contributed by atoms with van der Waals surface area (Å²) in [5, 5.41) is 15.3. The Labute approximate surface area is 149 Å². The highest BCUT2D eigenvalue weighted by atomic mass is 16.5. The highest BCUT2D eigenvalue weighted by molar-refractivity contribution is 5.80. The lowest BCUT2D eigenvalue weighted by atomic mass is 9.53. The van der Waals surface area contributed by atoms with Crippen LogP contribution in [0.25, 0.3) is 10.9 Å². The molecule has 0 amide bonds. The fourth-order valence-corrected chi connectivity index (χ4v) is 6.03. The lowest BCUT2D eigenvalue weighted by Crippen LogP contribution is -2.59.